The molecule has 2 N–H and O–H groups in total. The molecule has 2 nitrogen and oxygen atoms in total. The van der Waals surface area contributed by atoms with Crippen molar-refractivity contribution in [3.05, 3.63) is 0 Å². The first-order valence-electron chi connectivity index (χ1n) is 9.37. The Morgan fingerprint density at radius 1 is 0.952 bits per heavy atom. The first kappa shape index (κ1) is 17.6. The van der Waals surface area contributed by atoms with Crippen LogP contribution in [0.25, 0.3) is 0 Å². The van der Waals surface area contributed by atoms with Crippen LogP contribution in [0, 0.1) is 5.92 Å². The van der Waals surface area contributed by atoms with Crippen molar-refractivity contribution >= 4 is 11.8 Å². The number of unbranched alkanes of at least 4 members (excludes halogenated alkanes) is 3. The van der Waals surface area contributed by atoms with Crippen LogP contribution < -0.4 is 10.6 Å². The van der Waals surface area contributed by atoms with Crippen molar-refractivity contribution < 1.29 is 0 Å². The van der Waals surface area contributed by atoms with Crippen LogP contribution in [0.4, 0.5) is 0 Å². The van der Waals surface area contributed by atoms with Gasteiger partial charge in [-0.15, -0.1) is 0 Å². The summed E-state index contributed by atoms with van der Waals surface area (Å²) in [6.45, 7) is 2.50. The van der Waals surface area contributed by atoms with Crippen LogP contribution in [0.5, 0.6) is 0 Å². The van der Waals surface area contributed by atoms with Gasteiger partial charge in [0.1, 0.15) is 0 Å². The Morgan fingerprint density at radius 2 is 1.76 bits per heavy atom. The second kappa shape index (κ2) is 10.9. The Labute approximate surface area is 136 Å². The minimum Gasteiger partial charge on any atom is -0.314 e. The van der Waals surface area contributed by atoms with E-state index >= 15 is 0 Å². The van der Waals surface area contributed by atoms with E-state index in [0.717, 1.165) is 18.0 Å². The van der Waals surface area contributed by atoms with Crippen LogP contribution in [0.15, 0.2) is 0 Å². The average Bonchev–Trinajstić information content (AvgIpc) is 2.55. The number of thioether (sulfide) groups is 1. The highest BCUT2D eigenvalue weighted by Gasteiger charge is 2.31. The molecule has 1 saturated carbocycles. The van der Waals surface area contributed by atoms with E-state index in [4.69, 9.17) is 0 Å². The average molecular weight is 313 g/mol. The van der Waals surface area contributed by atoms with Crippen molar-refractivity contribution in [3.8, 4) is 0 Å². The molecule has 0 aromatic carbocycles. The minimum atomic E-state index is 0.792. The van der Waals surface area contributed by atoms with Crippen LogP contribution >= 0.6 is 11.8 Å². The smallest absolute Gasteiger partial charge is 0.0110 e. The minimum absolute atomic E-state index is 0.792. The largest absolute Gasteiger partial charge is 0.314 e. The van der Waals surface area contributed by atoms with E-state index in [2.05, 4.69) is 16.9 Å². The fourth-order valence-corrected chi connectivity index (χ4v) is 4.64. The summed E-state index contributed by atoms with van der Waals surface area (Å²) in [4.78, 5) is 0. The monoisotopic (exact) mass is 312 g/mol. The Hall–Kier alpha value is 0.270. The maximum absolute atomic E-state index is 3.91. The number of hydrogen-bond acceptors (Lipinski definition) is 3. The summed E-state index contributed by atoms with van der Waals surface area (Å²) >= 11 is 1.98. The lowest BCUT2D eigenvalue weighted by atomic mass is 9.77. The molecule has 21 heavy (non-hydrogen) atoms. The normalized spacial score (nSPS) is 30.4. The molecular weight excluding hydrogens is 276 g/mol. The van der Waals surface area contributed by atoms with Crippen molar-refractivity contribution in [2.75, 3.05) is 25.1 Å². The lowest BCUT2D eigenvalue weighted by molar-refractivity contribution is 0.182. The van der Waals surface area contributed by atoms with Gasteiger partial charge in [0, 0.05) is 12.1 Å². The fraction of sp³-hybridized carbons (Fsp3) is 1.00. The Balaban J connectivity index is 1.62. The zero-order valence-electron chi connectivity index (χ0n) is 14.0. The van der Waals surface area contributed by atoms with Gasteiger partial charge in [-0.25, -0.2) is 0 Å². The second-order valence-electron chi connectivity index (χ2n) is 6.97. The SMILES string of the molecule is CSCCCCCCNC1CCCCC1C1CCCCN1. The summed E-state index contributed by atoms with van der Waals surface area (Å²) in [5, 5.41) is 7.72. The molecule has 0 amide bonds. The lowest BCUT2D eigenvalue weighted by Crippen LogP contribution is -2.50. The van der Waals surface area contributed by atoms with E-state index in [0.29, 0.717) is 0 Å². The highest BCUT2D eigenvalue weighted by molar-refractivity contribution is 7.98. The second-order valence-corrected chi connectivity index (χ2v) is 7.96. The molecule has 1 saturated heterocycles. The third-order valence-corrected chi connectivity index (χ3v) is 6.06. The Kier molecular flexibility index (Phi) is 9.15. The van der Waals surface area contributed by atoms with Gasteiger partial charge in [-0.3, -0.25) is 0 Å². The molecule has 0 radical (unpaired) electrons. The molecule has 0 bridgehead atoms. The van der Waals surface area contributed by atoms with Crippen molar-refractivity contribution in [2.24, 2.45) is 5.92 Å². The van der Waals surface area contributed by atoms with Crippen molar-refractivity contribution in [3.63, 3.8) is 0 Å². The molecule has 2 rings (SSSR count). The zero-order chi connectivity index (χ0) is 14.8. The topological polar surface area (TPSA) is 24.1 Å². The van der Waals surface area contributed by atoms with Crippen LogP contribution in [0.1, 0.15) is 70.6 Å². The summed E-state index contributed by atoms with van der Waals surface area (Å²) in [5.74, 6) is 2.24. The Morgan fingerprint density at radius 3 is 2.57 bits per heavy atom. The van der Waals surface area contributed by atoms with Crippen LogP contribution in [-0.2, 0) is 0 Å². The van der Waals surface area contributed by atoms with Crippen LogP contribution in [-0.4, -0.2) is 37.2 Å². The van der Waals surface area contributed by atoms with E-state index in [1.165, 1.54) is 89.5 Å². The molecule has 124 valence electrons. The summed E-state index contributed by atoms with van der Waals surface area (Å²) in [5.41, 5.74) is 0. The third kappa shape index (κ3) is 6.50. The summed E-state index contributed by atoms with van der Waals surface area (Å²) in [7, 11) is 0. The molecule has 0 aromatic heterocycles. The molecule has 3 atom stereocenters. The Bertz CT molecular complexity index is 254. The van der Waals surface area contributed by atoms with Crippen LogP contribution in [0.2, 0.25) is 0 Å². The van der Waals surface area contributed by atoms with E-state index in [9.17, 15) is 0 Å². The van der Waals surface area contributed by atoms with E-state index in [1.54, 1.807) is 0 Å². The van der Waals surface area contributed by atoms with Gasteiger partial charge < -0.3 is 10.6 Å². The van der Waals surface area contributed by atoms with Gasteiger partial charge in [0.05, 0.1) is 0 Å². The van der Waals surface area contributed by atoms with Crippen molar-refractivity contribution in [1.29, 1.82) is 0 Å². The fourth-order valence-electron chi connectivity index (χ4n) is 4.15. The van der Waals surface area contributed by atoms with E-state index in [-0.39, 0.29) is 0 Å². The zero-order valence-corrected chi connectivity index (χ0v) is 14.9. The maximum Gasteiger partial charge on any atom is 0.0110 e. The van der Waals surface area contributed by atoms with Gasteiger partial charge in [-0.2, -0.15) is 11.8 Å². The molecular formula is C18H36N2S. The van der Waals surface area contributed by atoms with Gasteiger partial charge in [0.2, 0.25) is 0 Å². The highest BCUT2D eigenvalue weighted by Crippen LogP contribution is 2.30. The molecule has 1 heterocycles. The molecule has 3 unspecified atom stereocenters. The predicted molar refractivity (Wildman–Crippen MR) is 96.2 cm³/mol. The van der Waals surface area contributed by atoms with Crippen molar-refractivity contribution in [2.45, 2.75) is 82.7 Å². The summed E-state index contributed by atoms with van der Waals surface area (Å²) in [6, 6.07) is 1.60. The van der Waals surface area contributed by atoms with Gasteiger partial charge in [0.15, 0.2) is 0 Å². The number of nitrogens with one attached hydrogen (secondary N) is 2. The first-order chi connectivity index (χ1) is 10.4. The molecule has 2 fully saturated rings. The standard InChI is InChI=1S/C18H36N2S/c1-21-15-9-3-2-7-13-19-17-11-5-4-10-16(17)18-12-6-8-14-20-18/h16-20H,2-15H2,1H3. The first-order valence-corrected chi connectivity index (χ1v) is 10.8. The molecule has 3 heteroatoms. The van der Waals surface area contributed by atoms with Crippen LogP contribution in [0.3, 0.4) is 0 Å². The molecule has 0 spiro atoms. The van der Waals surface area contributed by atoms with E-state index < -0.39 is 0 Å². The number of piperidine rings is 1. The maximum atomic E-state index is 3.91. The van der Waals surface area contributed by atoms with Gasteiger partial charge in [0.25, 0.3) is 0 Å². The summed E-state index contributed by atoms with van der Waals surface area (Å²) in [6.07, 6.45) is 17.8. The van der Waals surface area contributed by atoms with Gasteiger partial charge in [-0.05, 0) is 69.5 Å². The van der Waals surface area contributed by atoms with Gasteiger partial charge >= 0.3 is 0 Å². The number of rotatable bonds is 9. The predicted octanol–water partition coefficient (Wildman–Crippen LogP) is 4.20. The molecule has 0 aromatic rings. The summed E-state index contributed by atoms with van der Waals surface area (Å²) < 4.78 is 0. The van der Waals surface area contributed by atoms with Gasteiger partial charge in [-0.1, -0.05) is 32.1 Å². The highest BCUT2D eigenvalue weighted by atomic mass is 32.2. The van der Waals surface area contributed by atoms with Crippen molar-refractivity contribution in [1.82, 2.24) is 10.6 Å². The molecule has 1 aliphatic heterocycles. The molecule has 2 aliphatic rings. The van der Waals surface area contributed by atoms with E-state index in [1.807, 2.05) is 11.8 Å². The molecule has 1 aliphatic carbocycles. The quantitative estimate of drug-likeness (QED) is 0.624. The third-order valence-electron chi connectivity index (χ3n) is 5.37. The lowest BCUT2D eigenvalue weighted by Gasteiger charge is -2.40. The number of hydrogen-bond donors (Lipinski definition) is 2.